The van der Waals surface area contributed by atoms with E-state index < -0.39 is 6.03 Å². The summed E-state index contributed by atoms with van der Waals surface area (Å²) in [5.74, 6) is 2.16. The topological polar surface area (TPSA) is 106 Å². The Morgan fingerprint density at radius 2 is 1.94 bits per heavy atom. The normalized spacial score (nSPS) is 11.8. The maximum atomic E-state index is 10.9. The first-order chi connectivity index (χ1) is 14.9. The van der Waals surface area contributed by atoms with Crippen LogP contribution in [0.25, 0.3) is 28.0 Å². The van der Waals surface area contributed by atoms with Crippen molar-refractivity contribution in [3.8, 4) is 11.5 Å². The molecule has 7 heteroatoms. The molecular formula is C24H23N3O4. The lowest BCUT2D eigenvalue weighted by atomic mass is 10.1. The second kappa shape index (κ2) is 8.49. The van der Waals surface area contributed by atoms with Crippen molar-refractivity contribution in [1.29, 1.82) is 0 Å². The molecule has 2 amide bonds. The van der Waals surface area contributed by atoms with Crippen molar-refractivity contribution in [1.82, 2.24) is 10.0 Å². The number of hydrogen-bond acceptors (Lipinski definition) is 5. The van der Waals surface area contributed by atoms with Crippen LogP contribution in [0.4, 0.5) is 4.79 Å². The summed E-state index contributed by atoms with van der Waals surface area (Å²) in [4.78, 5) is 15.6. The summed E-state index contributed by atoms with van der Waals surface area (Å²) < 4.78 is 11.8. The van der Waals surface area contributed by atoms with Crippen molar-refractivity contribution in [2.75, 3.05) is 6.54 Å². The monoisotopic (exact) mass is 417 g/mol. The highest BCUT2D eigenvalue weighted by Gasteiger charge is 2.14. The number of benzene rings is 2. The van der Waals surface area contributed by atoms with Crippen LogP contribution in [0, 0.1) is 6.92 Å². The van der Waals surface area contributed by atoms with Gasteiger partial charge in [-0.15, -0.1) is 0 Å². The van der Waals surface area contributed by atoms with Gasteiger partial charge in [-0.2, -0.15) is 0 Å². The minimum absolute atomic E-state index is 0.0189. The van der Waals surface area contributed by atoms with Crippen molar-refractivity contribution < 1.29 is 18.8 Å². The van der Waals surface area contributed by atoms with E-state index in [4.69, 9.17) is 14.6 Å². The molecule has 0 atom stereocenters. The highest BCUT2D eigenvalue weighted by molar-refractivity contribution is 5.83. The molecule has 0 aliphatic rings. The molecule has 0 fully saturated rings. The molecule has 7 nitrogen and oxygen atoms in total. The molecule has 2 aromatic heterocycles. The van der Waals surface area contributed by atoms with E-state index in [0.29, 0.717) is 17.4 Å². The summed E-state index contributed by atoms with van der Waals surface area (Å²) in [5, 5.41) is 10.8. The molecule has 2 aromatic carbocycles. The Morgan fingerprint density at radius 1 is 1.16 bits per heavy atom. The number of fused-ring (bicyclic) bond motifs is 1. The zero-order valence-electron chi connectivity index (χ0n) is 17.3. The molecule has 2 heterocycles. The first-order valence-electron chi connectivity index (χ1n) is 9.88. The Kier molecular flexibility index (Phi) is 5.60. The smallest absolute Gasteiger partial charge is 0.338 e. The second-order valence-corrected chi connectivity index (χ2v) is 7.34. The van der Waals surface area contributed by atoms with Gasteiger partial charge in [-0.3, -0.25) is 5.21 Å². The van der Waals surface area contributed by atoms with Crippen molar-refractivity contribution in [2.24, 2.45) is 5.73 Å². The van der Waals surface area contributed by atoms with Gasteiger partial charge in [0.2, 0.25) is 5.89 Å². The third-order valence-electron chi connectivity index (χ3n) is 5.10. The number of aryl methyl sites for hydroxylation is 1. The molecule has 0 aliphatic carbocycles. The zero-order valence-corrected chi connectivity index (χ0v) is 17.3. The van der Waals surface area contributed by atoms with E-state index in [2.05, 4.69) is 4.98 Å². The molecule has 31 heavy (non-hydrogen) atoms. The molecule has 4 aromatic rings. The predicted molar refractivity (Wildman–Crippen MR) is 117 cm³/mol. The van der Waals surface area contributed by atoms with E-state index in [0.717, 1.165) is 44.9 Å². The molecule has 0 bridgehead atoms. The summed E-state index contributed by atoms with van der Waals surface area (Å²) in [6.45, 7) is 3.83. The maximum absolute atomic E-state index is 10.9. The van der Waals surface area contributed by atoms with Gasteiger partial charge < -0.3 is 14.6 Å². The number of nitrogens with two attached hydrogens (primary N) is 1. The molecular weight excluding hydrogens is 394 g/mol. The number of primary amides is 1. The van der Waals surface area contributed by atoms with Crippen LogP contribution < -0.4 is 5.73 Å². The quantitative estimate of drug-likeness (QED) is 0.333. The average molecular weight is 417 g/mol. The van der Waals surface area contributed by atoms with Gasteiger partial charge in [-0.25, -0.2) is 14.8 Å². The minimum atomic E-state index is -0.891. The number of hydrogen-bond donors (Lipinski definition) is 2. The lowest BCUT2D eigenvalue weighted by Crippen LogP contribution is -2.32. The molecule has 0 aliphatic heterocycles. The van der Waals surface area contributed by atoms with Gasteiger partial charge >= 0.3 is 6.03 Å². The number of urea groups is 1. The number of oxazole rings is 1. The van der Waals surface area contributed by atoms with E-state index in [1.54, 1.807) is 6.08 Å². The van der Waals surface area contributed by atoms with Crippen LogP contribution in [-0.4, -0.2) is 27.8 Å². The third-order valence-corrected chi connectivity index (χ3v) is 5.10. The van der Waals surface area contributed by atoms with E-state index in [-0.39, 0.29) is 6.54 Å². The number of carbonyl (C=O) groups excluding carboxylic acids is 1. The van der Waals surface area contributed by atoms with Crippen LogP contribution in [-0.2, 0) is 6.42 Å². The number of furan rings is 1. The van der Waals surface area contributed by atoms with Crippen molar-refractivity contribution in [3.63, 3.8) is 0 Å². The third kappa shape index (κ3) is 4.51. The fraction of sp³-hybridized carbons (Fsp3) is 0.167. The van der Waals surface area contributed by atoms with Crippen molar-refractivity contribution in [2.45, 2.75) is 20.3 Å². The minimum Gasteiger partial charge on any atom is -0.461 e. The Balaban J connectivity index is 1.55. The fourth-order valence-electron chi connectivity index (χ4n) is 3.32. The van der Waals surface area contributed by atoms with Gasteiger partial charge in [0, 0.05) is 10.9 Å². The van der Waals surface area contributed by atoms with Crippen LogP contribution in [0.1, 0.15) is 29.7 Å². The van der Waals surface area contributed by atoms with E-state index in [1.165, 1.54) is 0 Å². The van der Waals surface area contributed by atoms with Crippen LogP contribution in [0.3, 0.4) is 0 Å². The maximum Gasteiger partial charge on any atom is 0.338 e. The van der Waals surface area contributed by atoms with Crippen LogP contribution >= 0.6 is 0 Å². The number of rotatable bonds is 6. The molecule has 4 rings (SSSR count). The lowest BCUT2D eigenvalue weighted by Gasteiger charge is -2.09. The first kappa shape index (κ1) is 20.4. The van der Waals surface area contributed by atoms with Gasteiger partial charge in [-0.1, -0.05) is 30.3 Å². The zero-order chi connectivity index (χ0) is 22.0. The van der Waals surface area contributed by atoms with E-state index >= 15 is 0 Å². The highest BCUT2D eigenvalue weighted by Crippen LogP contribution is 2.27. The van der Waals surface area contributed by atoms with Gasteiger partial charge in [0.15, 0.2) is 0 Å². The van der Waals surface area contributed by atoms with Gasteiger partial charge in [0.05, 0.1) is 18.7 Å². The second-order valence-electron chi connectivity index (χ2n) is 7.34. The Morgan fingerprint density at radius 3 is 2.68 bits per heavy atom. The number of allylic oxidation sites excluding steroid dienone is 1. The number of amides is 2. The van der Waals surface area contributed by atoms with Gasteiger partial charge in [0.1, 0.15) is 17.1 Å². The molecule has 158 valence electrons. The van der Waals surface area contributed by atoms with E-state index in [9.17, 15) is 10.0 Å². The molecule has 0 saturated carbocycles. The standard InChI is InChI=1S/C24H23N3O4/c1-15(10-11-27(29)24(25)28)18-8-9-22-19(12-18)13-20(31-22)14-21-16(2)30-23(26-21)17-6-4-3-5-7-17/h3-10,12-13,29H,11,14H2,1-2H3,(H2,25,28)/b15-10+. The molecule has 0 unspecified atom stereocenters. The predicted octanol–water partition coefficient (Wildman–Crippen LogP) is 5.16. The number of carbonyl (C=O) groups is 1. The van der Waals surface area contributed by atoms with Gasteiger partial charge in [-0.05, 0) is 55.3 Å². The highest BCUT2D eigenvalue weighted by atomic mass is 16.5. The van der Waals surface area contributed by atoms with Crippen LogP contribution in [0.5, 0.6) is 0 Å². The molecule has 0 radical (unpaired) electrons. The molecule has 0 spiro atoms. The molecule has 0 saturated heterocycles. The SMILES string of the molecule is C/C(=C\CN(O)C(N)=O)c1ccc2oc(Cc3nc(-c4ccccc4)oc3C)cc2c1. The van der Waals surface area contributed by atoms with Crippen molar-refractivity contribution >= 4 is 22.6 Å². The molecule has 3 N–H and O–H groups in total. The Bertz CT molecular complexity index is 1250. The van der Waals surface area contributed by atoms with E-state index in [1.807, 2.05) is 68.4 Å². The van der Waals surface area contributed by atoms with Gasteiger partial charge in [0.25, 0.3) is 0 Å². The summed E-state index contributed by atoms with van der Waals surface area (Å²) >= 11 is 0. The average Bonchev–Trinajstić information content (AvgIpc) is 3.34. The fourth-order valence-corrected chi connectivity index (χ4v) is 3.32. The van der Waals surface area contributed by atoms with Crippen LogP contribution in [0.15, 0.2) is 69.5 Å². The van der Waals surface area contributed by atoms with Crippen LogP contribution in [0.2, 0.25) is 0 Å². The number of hydroxylamine groups is 2. The largest absolute Gasteiger partial charge is 0.461 e. The Labute approximate surface area is 179 Å². The van der Waals surface area contributed by atoms with Crippen molar-refractivity contribution in [3.05, 3.63) is 83.5 Å². The number of aromatic nitrogens is 1. The number of nitrogens with zero attached hydrogens (tertiary/aromatic N) is 2. The first-order valence-corrected chi connectivity index (χ1v) is 9.88. The Hall–Kier alpha value is -3.84. The summed E-state index contributed by atoms with van der Waals surface area (Å²) in [5.41, 5.74) is 9.45. The summed E-state index contributed by atoms with van der Waals surface area (Å²) in [6.07, 6.45) is 2.26. The summed E-state index contributed by atoms with van der Waals surface area (Å²) in [7, 11) is 0. The summed E-state index contributed by atoms with van der Waals surface area (Å²) in [6, 6.07) is 16.7. The lowest BCUT2D eigenvalue weighted by molar-refractivity contribution is -0.0287.